The van der Waals surface area contributed by atoms with E-state index in [0.717, 1.165) is 24.6 Å². The number of hydrogen-bond donors (Lipinski definition) is 1. The Morgan fingerprint density at radius 1 is 1.38 bits per heavy atom. The van der Waals surface area contributed by atoms with Crippen LogP contribution in [0.3, 0.4) is 0 Å². The predicted octanol–water partition coefficient (Wildman–Crippen LogP) is 1.56. The van der Waals surface area contributed by atoms with Gasteiger partial charge in [-0.25, -0.2) is 9.97 Å². The maximum Gasteiger partial charge on any atom is 0.225 e. The molecule has 2 N–H and O–H groups in total. The average Bonchev–Trinajstić information content (AvgIpc) is 2.28. The Morgan fingerprint density at radius 2 is 2.06 bits per heavy atom. The van der Waals surface area contributed by atoms with Crippen LogP contribution in [0.25, 0.3) is 0 Å². The van der Waals surface area contributed by atoms with Crippen molar-refractivity contribution >= 4 is 5.95 Å². The molecular weight excluding hydrogens is 200 g/mol. The van der Waals surface area contributed by atoms with Crippen LogP contribution in [0.15, 0.2) is 12.4 Å². The van der Waals surface area contributed by atoms with Gasteiger partial charge in [0.25, 0.3) is 0 Å². The summed E-state index contributed by atoms with van der Waals surface area (Å²) in [6.45, 7) is 7.20. The summed E-state index contributed by atoms with van der Waals surface area (Å²) in [6, 6.07) is 0. The van der Waals surface area contributed by atoms with Crippen LogP contribution in [0.2, 0.25) is 0 Å². The van der Waals surface area contributed by atoms with Crippen LogP contribution in [-0.2, 0) is 6.54 Å². The molecule has 1 fully saturated rings. The molecule has 2 rings (SSSR count). The third-order valence-electron chi connectivity index (χ3n) is 3.11. The lowest BCUT2D eigenvalue weighted by Crippen LogP contribution is -2.40. The zero-order valence-electron chi connectivity index (χ0n) is 10.1. The molecule has 0 radical (unpaired) electrons. The number of rotatable bonds is 2. The van der Waals surface area contributed by atoms with Crippen molar-refractivity contribution in [3.8, 4) is 0 Å². The molecule has 4 heteroatoms. The fourth-order valence-electron chi connectivity index (χ4n) is 2.21. The SMILES string of the molecule is CC1(C)CCCN(c2ncc(CN)cn2)C1. The van der Waals surface area contributed by atoms with E-state index in [1.54, 1.807) is 0 Å². The number of hydrogen-bond acceptors (Lipinski definition) is 4. The smallest absolute Gasteiger partial charge is 0.225 e. The van der Waals surface area contributed by atoms with E-state index in [9.17, 15) is 0 Å². The van der Waals surface area contributed by atoms with Crippen molar-refractivity contribution in [2.45, 2.75) is 33.2 Å². The summed E-state index contributed by atoms with van der Waals surface area (Å²) in [5.41, 5.74) is 6.88. The van der Waals surface area contributed by atoms with E-state index in [1.165, 1.54) is 12.8 Å². The van der Waals surface area contributed by atoms with Gasteiger partial charge in [0.2, 0.25) is 5.95 Å². The Kier molecular flexibility index (Phi) is 3.10. The van der Waals surface area contributed by atoms with E-state index >= 15 is 0 Å². The fourth-order valence-corrected chi connectivity index (χ4v) is 2.21. The van der Waals surface area contributed by atoms with Gasteiger partial charge in [-0.2, -0.15) is 0 Å². The molecule has 1 aromatic rings. The van der Waals surface area contributed by atoms with Crippen LogP contribution in [0, 0.1) is 5.41 Å². The number of nitrogens with two attached hydrogens (primary N) is 1. The third kappa shape index (κ3) is 2.50. The first-order valence-corrected chi connectivity index (χ1v) is 5.87. The van der Waals surface area contributed by atoms with E-state index in [0.29, 0.717) is 12.0 Å². The summed E-state index contributed by atoms with van der Waals surface area (Å²) < 4.78 is 0. The van der Waals surface area contributed by atoms with E-state index in [2.05, 4.69) is 28.7 Å². The highest BCUT2D eigenvalue weighted by atomic mass is 15.3. The molecular formula is C12H20N4. The number of aromatic nitrogens is 2. The van der Waals surface area contributed by atoms with Crippen LogP contribution in [0.1, 0.15) is 32.3 Å². The summed E-state index contributed by atoms with van der Waals surface area (Å²) in [6.07, 6.45) is 6.15. The molecule has 88 valence electrons. The molecule has 0 spiro atoms. The second-order valence-electron chi connectivity index (χ2n) is 5.28. The van der Waals surface area contributed by atoms with Crippen LogP contribution in [0.5, 0.6) is 0 Å². The summed E-state index contributed by atoms with van der Waals surface area (Å²) in [5.74, 6) is 0.838. The lowest BCUT2D eigenvalue weighted by Gasteiger charge is -2.37. The minimum absolute atomic E-state index is 0.369. The maximum atomic E-state index is 5.53. The maximum absolute atomic E-state index is 5.53. The van der Waals surface area contributed by atoms with Gasteiger partial charge in [-0.05, 0) is 18.3 Å². The van der Waals surface area contributed by atoms with E-state index in [-0.39, 0.29) is 0 Å². The first-order chi connectivity index (χ1) is 7.61. The second kappa shape index (κ2) is 4.37. The van der Waals surface area contributed by atoms with Crippen molar-refractivity contribution in [3.05, 3.63) is 18.0 Å². The van der Waals surface area contributed by atoms with E-state index < -0.39 is 0 Å². The van der Waals surface area contributed by atoms with Gasteiger partial charge in [-0.1, -0.05) is 13.8 Å². The zero-order valence-corrected chi connectivity index (χ0v) is 10.1. The third-order valence-corrected chi connectivity index (χ3v) is 3.11. The molecule has 1 aliphatic heterocycles. The quantitative estimate of drug-likeness (QED) is 0.822. The fraction of sp³-hybridized carbons (Fsp3) is 0.667. The Bertz CT molecular complexity index is 345. The summed E-state index contributed by atoms with van der Waals surface area (Å²) in [5, 5.41) is 0. The van der Waals surface area contributed by atoms with Crippen LogP contribution >= 0.6 is 0 Å². The Labute approximate surface area is 96.9 Å². The highest BCUT2D eigenvalue weighted by molar-refractivity contribution is 5.31. The predicted molar refractivity (Wildman–Crippen MR) is 65.2 cm³/mol. The second-order valence-corrected chi connectivity index (χ2v) is 5.28. The monoisotopic (exact) mass is 220 g/mol. The van der Waals surface area contributed by atoms with Crippen molar-refractivity contribution in [2.24, 2.45) is 11.1 Å². The van der Waals surface area contributed by atoms with Gasteiger partial charge in [0.05, 0.1) is 0 Å². The Balaban J connectivity index is 2.11. The molecule has 1 aromatic heterocycles. The molecule has 0 amide bonds. The normalized spacial score (nSPS) is 19.8. The van der Waals surface area contributed by atoms with Crippen LogP contribution < -0.4 is 10.6 Å². The highest BCUT2D eigenvalue weighted by Gasteiger charge is 2.27. The number of nitrogens with zero attached hydrogens (tertiary/aromatic N) is 3. The molecule has 16 heavy (non-hydrogen) atoms. The summed E-state index contributed by atoms with van der Waals surface area (Å²) in [4.78, 5) is 11.0. The molecule has 1 aliphatic rings. The molecule has 1 saturated heterocycles. The largest absolute Gasteiger partial charge is 0.340 e. The van der Waals surface area contributed by atoms with Crippen LogP contribution in [0.4, 0.5) is 5.95 Å². The topological polar surface area (TPSA) is 55.0 Å². The molecule has 0 aromatic carbocycles. The van der Waals surface area contributed by atoms with Crippen molar-refractivity contribution in [1.29, 1.82) is 0 Å². The zero-order chi connectivity index (χ0) is 11.6. The van der Waals surface area contributed by atoms with Crippen molar-refractivity contribution < 1.29 is 0 Å². The number of piperidine rings is 1. The van der Waals surface area contributed by atoms with Crippen molar-refractivity contribution in [3.63, 3.8) is 0 Å². The van der Waals surface area contributed by atoms with Gasteiger partial charge in [0.1, 0.15) is 0 Å². The molecule has 0 unspecified atom stereocenters. The standard InChI is InChI=1S/C12H20N4/c1-12(2)4-3-5-16(9-12)11-14-7-10(6-13)8-15-11/h7-8H,3-6,9,13H2,1-2H3. The lowest BCUT2D eigenvalue weighted by molar-refractivity contribution is 0.291. The van der Waals surface area contributed by atoms with E-state index in [1.807, 2.05) is 12.4 Å². The number of anilines is 1. The Hall–Kier alpha value is -1.16. The average molecular weight is 220 g/mol. The van der Waals surface area contributed by atoms with Gasteiger partial charge < -0.3 is 10.6 Å². The lowest BCUT2D eigenvalue weighted by atomic mass is 9.84. The minimum atomic E-state index is 0.369. The van der Waals surface area contributed by atoms with Crippen molar-refractivity contribution in [1.82, 2.24) is 9.97 Å². The highest BCUT2D eigenvalue weighted by Crippen LogP contribution is 2.29. The molecule has 2 heterocycles. The minimum Gasteiger partial charge on any atom is -0.340 e. The van der Waals surface area contributed by atoms with Gasteiger partial charge in [0, 0.05) is 37.6 Å². The van der Waals surface area contributed by atoms with Gasteiger partial charge in [-0.15, -0.1) is 0 Å². The van der Waals surface area contributed by atoms with Gasteiger partial charge in [0.15, 0.2) is 0 Å². The first-order valence-electron chi connectivity index (χ1n) is 5.87. The van der Waals surface area contributed by atoms with E-state index in [4.69, 9.17) is 5.73 Å². The molecule has 0 atom stereocenters. The Morgan fingerprint density at radius 3 is 2.62 bits per heavy atom. The molecule has 0 bridgehead atoms. The molecule has 0 aliphatic carbocycles. The first kappa shape index (κ1) is 11.3. The summed E-state index contributed by atoms with van der Waals surface area (Å²) in [7, 11) is 0. The van der Waals surface area contributed by atoms with Gasteiger partial charge in [-0.3, -0.25) is 0 Å². The summed E-state index contributed by atoms with van der Waals surface area (Å²) >= 11 is 0. The van der Waals surface area contributed by atoms with Crippen molar-refractivity contribution in [2.75, 3.05) is 18.0 Å². The van der Waals surface area contributed by atoms with Gasteiger partial charge >= 0.3 is 0 Å². The van der Waals surface area contributed by atoms with Crippen LogP contribution in [-0.4, -0.2) is 23.1 Å². The molecule has 0 saturated carbocycles. The molecule has 4 nitrogen and oxygen atoms in total.